The van der Waals surface area contributed by atoms with Crippen LogP contribution in [-0.4, -0.2) is 46.3 Å². The largest absolute Gasteiger partial charge is 0.339 e. The van der Waals surface area contributed by atoms with Crippen LogP contribution < -0.4 is 5.32 Å². The maximum Gasteiger partial charge on any atom is 0.227 e. The topological polar surface area (TPSA) is 50.2 Å². The van der Waals surface area contributed by atoms with Crippen LogP contribution in [0, 0.1) is 11.8 Å². The molecule has 3 heterocycles. The predicted octanol–water partition coefficient (Wildman–Crippen LogP) is 2.68. The van der Waals surface area contributed by atoms with Gasteiger partial charge in [-0.25, -0.2) is 0 Å². The third-order valence-electron chi connectivity index (χ3n) is 6.67. The zero-order valence-corrected chi connectivity index (χ0v) is 15.5. The van der Waals surface area contributed by atoms with Crippen LogP contribution in [0.2, 0.25) is 0 Å². The van der Waals surface area contributed by atoms with Crippen molar-refractivity contribution < 1.29 is 4.79 Å². The minimum atomic E-state index is 0.0798. The molecule has 2 saturated heterocycles. The summed E-state index contributed by atoms with van der Waals surface area (Å²) in [6.45, 7) is 2.67. The molecular formula is C20H32N4O. The Morgan fingerprint density at radius 1 is 1.20 bits per heavy atom. The maximum absolute atomic E-state index is 13.3. The standard InChI is InChI=1S/C20H32N4O/c1-23-14-16(11-22-23)18-12-21-13-19(18)20(25)24-9-5-8-17(24)10-15-6-3-2-4-7-15/h11,14-15,17-19,21H,2-10,12-13H2,1H3/t17?,18-,19+/m1/s1. The number of carbonyl (C=O) groups is 1. The van der Waals surface area contributed by atoms with Crippen LogP contribution in [0.3, 0.4) is 0 Å². The molecule has 5 heteroatoms. The van der Waals surface area contributed by atoms with Gasteiger partial charge in [-0.15, -0.1) is 0 Å². The monoisotopic (exact) mass is 344 g/mol. The highest BCUT2D eigenvalue weighted by molar-refractivity contribution is 5.81. The van der Waals surface area contributed by atoms with Crippen LogP contribution in [0.5, 0.6) is 0 Å². The Bertz CT molecular complexity index is 592. The third kappa shape index (κ3) is 3.62. The maximum atomic E-state index is 13.3. The Hall–Kier alpha value is -1.36. The Morgan fingerprint density at radius 3 is 2.80 bits per heavy atom. The molecule has 3 atom stereocenters. The first-order chi connectivity index (χ1) is 12.2. The molecule has 0 aromatic carbocycles. The fourth-order valence-corrected chi connectivity index (χ4v) is 5.31. The van der Waals surface area contributed by atoms with E-state index in [4.69, 9.17) is 0 Å². The van der Waals surface area contributed by atoms with Crippen LogP contribution >= 0.6 is 0 Å². The Morgan fingerprint density at radius 2 is 2.04 bits per heavy atom. The van der Waals surface area contributed by atoms with E-state index in [1.54, 1.807) is 0 Å². The molecule has 0 bridgehead atoms. The molecular weight excluding hydrogens is 312 g/mol. The Kier molecular flexibility index (Phi) is 5.11. The third-order valence-corrected chi connectivity index (χ3v) is 6.67. The lowest BCUT2D eigenvalue weighted by Crippen LogP contribution is -2.42. The van der Waals surface area contributed by atoms with E-state index >= 15 is 0 Å². The molecule has 0 spiro atoms. The van der Waals surface area contributed by atoms with E-state index in [9.17, 15) is 4.79 Å². The molecule has 3 fully saturated rings. The smallest absolute Gasteiger partial charge is 0.227 e. The van der Waals surface area contributed by atoms with Crippen molar-refractivity contribution in [2.24, 2.45) is 18.9 Å². The molecule has 25 heavy (non-hydrogen) atoms. The second kappa shape index (κ2) is 7.48. The lowest BCUT2D eigenvalue weighted by atomic mass is 9.84. The number of nitrogens with one attached hydrogen (secondary N) is 1. The molecule has 1 aromatic rings. The molecule has 1 unspecified atom stereocenters. The van der Waals surface area contributed by atoms with Crippen LogP contribution in [0.25, 0.3) is 0 Å². The van der Waals surface area contributed by atoms with E-state index in [0.717, 1.165) is 25.6 Å². The second-order valence-electron chi connectivity index (χ2n) is 8.39. The molecule has 1 N–H and O–H groups in total. The quantitative estimate of drug-likeness (QED) is 0.914. The number of likely N-dealkylation sites (tertiary alicyclic amines) is 1. The Balaban J connectivity index is 1.43. The van der Waals surface area contributed by atoms with Gasteiger partial charge in [0.25, 0.3) is 0 Å². The summed E-state index contributed by atoms with van der Waals surface area (Å²) in [5.74, 6) is 1.59. The molecule has 1 saturated carbocycles. The first-order valence-corrected chi connectivity index (χ1v) is 10.2. The summed E-state index contributed by atoms with van der Waals surface area (Å²) < 4.78 is 1.84. The lowest BCUT2D eigenvalue weighted by Gasteiger charge is -2.32. The van der Waals surface area contributed by atoms with Gasteiger partial charge in [0.1, 0.15) is 0 Å². The fourth-order valence-electron chi connectivity index (χ4n) is 5.31. The normalized spacial score (nSPS) is 30.9. The number of hydrogen-bond donors (Lipinski definition) is 1. The molecule has 1 amide bonds. The molecule has 2 aliphatic heterocycles. The highest BCUT2D eigenvalue weighted by atomic mass is 16.2. The van der Waals surface area contributed by atoms with E-state index in [0.29, 0.717) is 11.9 Å². The van der Waals surface area contributed by atoms with E-state index < -0.39 is 0 Å². The van der Waals surface area contributed by atoms with Crippen molar-refractivity contribution in [1.82, 2.24) is 20.0 Å². The van der Waals surface area contributed by atoms with Crippen molar-refractivity contribution in [2.75, 3.05) is 19.6 Å². The van der Waals surface area contributed by atoms with E-state index in [2.05, 4.69) is 21.5 Å². The van der Waals surface area contributed by atoms with E-state index in [1.165, 1.54) is 56.9 Å². The highest BCUT2D eigenvalue weighted by Crippen LogP contribution is 2.35. The number of aryl methyl sites for hydroxylation is 1. The number of amides is 1. The minimum absolute atomic E-state index is 0.0798. The lowest BCUT2D eigenvalue weighted by molar-refractivity contribution is -0.136. The summed E-state index contributed by atoms with van der Waals surface area (Å²) in [5.41, 5.74) is 1.20. The van der Waals surface area contributed by atoms with Crippen LogP contribution in [0.15, 0.2) is 12.4 Å². The van der Waals surface area contributed by atoms with Crippen molar-refractivity contribution >= 4 is 5.91 Å². The van der Waals surface area contributed by atoms with Gasteiger partial charge in [-0.05, 0) is 30.7 Å². The molecule has 1 aromatic heterocycles. The Labute approximate surface area is 151 Å². The summed E-state index contributed by atoms with van der Waals surface area (Å²) >= 11 is 0. The van der Waals surface area contributed by atoms with Gasteiger partial charge in [-0.1, -0.05) is 32.1 Å². The SMILES string of the molecule is Cn1cc([C@H]2CNC[C@@H]2C(=O)N2CCCC2CC2CCCCC2)cn1. The van der Waals surface area contributed by atoms with Crippen LogP contribution in [0.4, 0.5) is 0 Å². The van der Waals surface area contributed by atoms with Crippen molar-refractivity contribution in [2.45, 2.75) is 63.3 Å². The summed E-state index contributed by atoms with van der Waals surface area (Å²) in [6, 6.07) is 0.491. The molecule has 0 radical (unpaired) electrons. The van der Waals surface area contributed by atoms with Gasteiger partial charge in [0.2, 0.25) is 5.91 Å². The second-order valence-corrected chi connectivity index (χ2v) is 8.39. The van der Waals surface area contributed by atoms with Gasteiger partial charge in [0.15, 0.2) is 0 Å². The van der Waals surface area contributed by atoms with Gasteiger partial charge < -0.3 is 10.2 Å². The van der Waals surface area contributed by atoms with Crippen molar-refractivity contribution in [3.63, 3.8) is 0 Å². The number of aromatic nitrogens is 2. The van der Waals surface area contributed by atoms with Gasteiger partial charge in [0.05, 0.1) is 12.1 Å². The predicted molar refractivity (Wildman–Crippen MR) is 98.2 cm³/mol. The fraction of sp³-hybridized carbons (Fsp3) is 0.800. The van der Waals surface area contributed by atoms with E-state index in [-0.39, 0.29) is 11.8 Å². The van der Waals surface area contributed by atoms with Crippen molar-refractivity contribution in [3.05, 3.63) is 18.0 Å². The van der Waals surface area contributed by atoms with Crippen molar-refractivity contribution in [1.29, 1.82) is 0 Å². The molecule has 1 aliphatic carbocycles. The average molecular weight is 345 g/mol. The van der Waals surface area contributed by atoms with E-state index in [1.807, 2.05) is 17.9 Å². The molecule has 138 valence electrons. The minimum Gasteiger partial charge on any atom is -0.339 e. The molecule has 3 aliphatic rings. The number of rotatable bonds is 4. The molecule has 4 rings (SSSR count). The number of nitrogens with zero attached hydrogens (tertiary/aromatic N) is 3. The van der Waals surface area contributed by atoms with Crippen molar-refractivity contribution in [3.8, 4) is 0 Å². The van der Waals surface area contributed by atoms with Gasteiger partial charge in [-0.2, -0.15) is 5.10 Å². The number of hydrogen-bond acceptors (Lipinski definition) is 3. The summed E-state index contributed by atoms with van der Waals surface area (Å²) in [6.07, 6.45) is 14.6. The first-order valence-electron chi connectivity index (χ1n) is 10.2. The zero-order valence-electron chi connectivity index (χ0n) is 15.5. The number of carbonyl (C=O) groups excluding carboxylic acids is 1. The van der Waals surface area contributed by atoms with Crippen LogP contribution in [0.1, 0.15) is 62.8 Å². The zero-order chi connectivity index (χ0) is 17.2. The van der Waals surface area contributed by atoms with Crippen LogP contribution in [-0.2, 0) is 11.8 Å². The van der Waals surface area contributed by atoms with Gasteiger partial charge in [0, 0.05) is 44.8 Å². The average Bonchev–Trinajstić information content (AvgIpc) is 3.35. The van der Waals surface area contributed by atoms with Gasteiger partial charge >= 0.3 is 0 Å². The first kappa shape index (κ1) is 17.1. The summed E-state index contributed by atoms with van der Waals surface area (Å²) in [5, 5.41) is 7.76. The highest BCUT2D eigenvalue weighted by Gasteiger charge is 2.40. The van der Waals surface area contributed by atoms with Gasteiger partial charge in [-0.3, -0.25) is 9.48 Å². The summed E-state index contributed by atoms with van der Waals surface area (Å²) in [7, 11) is 1.95. The summed E-state index contributed by atoms with van der Waals surface area (Å²) in [4.78, 5) is 15.6. The molecule has 5 nitrogen and oxygen atoms in total.